The Hall–Kier alpha value is -0.550. The summed E-state index contributed by atoms with van der Waals surface area (Å²) in [7, 11) is 0. The molecular weight excluding hydrogens is 222 g/mol. The summed E-state index contributed by atoms with van der Waals surface area (Å²) in [5.74, 6) is 2.09. The Morgan fingerprint density at radius 2 is 2.50 bits per heavy atom. The van der Waals surface area contributed by atoms with E-state index in [0.717, 1.165) is 18.8 Å². The van der Waals surface area contributed by atoms with Crippen LogP contribution in [0.15, 0.2) is 6.33 Å². The van der Waals surface area contributed by atoms with Gasteiger partial charge in [-0.2, -0.15) is 16.9 Å². The average molecular weight is 241 g/mol. The molecular formula is C11H19N3OS. The molecule has 1 N–H and O–H groups in total. The van der Waals surface area contributed by atoms with Crippen LogP contribution in [0, 0.1) is 0 Å². The lowest BCUT2D eigenvalue weighted by Gasteiger charge is -2.25. The number of aryl methyl sites for hydroxylation is 1. The van der Waals surface area contributed by atoms with Gasteiger partial charge in [0.05, 0.1) is 6.10 Å². The zero-order valence-electron chi connectivity index (χ0n) is 9.67. The van der Waals surface area contributed by atoms with Gasteiger partial charge in [0, 0.05) is 18.2 Å². The van der Waals surface area contributed by atoms with E-state index in [1.807, 2.05) is 23.4 Å². The van der Waals surface area contributed by atoms with E-state index >= 15 is 0 Å². The van der Waals surface area contributed by atoms with Crippen molar-refractivity contribution in [1.82, 2.24) is 14.8 Å². The molecule has 2 rings (SSSR count). The van der Waals surface area contributed by atoms with E-state index < -0.39 is 0 Å². The molecule has 1 aromatic heterocycles. The van der Waals surface area contributed by atoms with Crippen LogP contribution >= 0.6 is 11.8 Å². The van der Waals surface area contributed by atoms with Crippen molar-refractivity contribution in [2.45, 2.75) is 50.5 Å². The van der Waals surface area contributed by atoms with Crippen LogP contribution < -0.4 is 0 Å². The van der Waals surface area contributed by atoms with Crippen LogP contribution in [0.3, 0.4) is 0 Å². The lowest BCUT2D eigenvalue weighted by molar-refractivity contribution is 0.162. The maximum absolute atomic E-state index is 10.2. The van der Waals surface area contributed by atoms with E-state index in [9.17, 15) is 5.11 Å². The van der Waals surface area contributed by atoms with Crippen molar-refractivity contribution in [3.63, 3.8) is 0 Å². The highest BCUT2D eigenvalue weighted by atomic mass is 32.2. The monoisotopic (exact) mass is 241 g/mol. The molecule has 0 amide bonds. The quantitative estimate of drug-likeness (QED) is 0.867. The van der Waals surface area contributed by atoms with Gasteiger partial charge in [0.15, 0.2) is 0 Å². The lowest BCUT2D eigenvalue weighted by Crippen LogP contribution is -2.29. The molecule has 1 saturated heterocycles. The van der Waals surface area contributed by atoms with E-state index in [0.29, 0.717) is 11.7 Å². The van der Waals surface area contributed by atoms with E-state index in [-0.39, 0.29) is 6.10 Å². The summed E-state index contributed by atoms with van der Waals surface area (Å²) in [5, 5.41) is 14.7. The molecule has 1 aliphatic rings. The fraction of sp³-hybridized carbons (Fsp3) is 0.818. The van der Waals surface area contributed by atoms with Crippen molar-refractivity contribution in [3.8, 4) is 0 Å². The summed E-state index contributed by atoms with van der Waals surface area (Å²) in [6, 6.07) is 0. The summed E-state index contributed by atoms with van der Waals surface area (Å²) < 4.78 is 1.86. The first-order valence-electron chi connectivity index (χ1n) is 5.97. The molecule has 1 fully saturated rings. The number of aliphatic hydroxyl groups excluding tert-OH is 1. The van der Waals surface area contributed by atoms with E-state index in [2.05, 4.69) is 10.1 Å². The number of thioether (sulfide) groups is 1. The van der Waals surface area contributed by atoms with Gasteiger partial charge in [-0.1, -0.05) is 6.42 Å². The van der Waals surface area contributed by atoms with Gasteiger partial charge in [-0.25, -0.2) is 4.98 Å². The predicted octanol–water partition coefficient (Wildman–Crippen LogP) is 1.49. The molecule has 2 unspecified atom stereocenters. The second-order valence-corrected chi connectivity index (χ2v) is 5.52. The van der Waals surface area contributed by atoms with Gasteiger partial charge >= 0.3 is 0 Å². The molecule has 1 aliphatic heterocycles. The molecule has 1 aromatic rings. The van der Waals surface area contributed by atoms with Crippen LogP contribution in [0.25, 0.3) is 0 Å². The Bertz CT molecular complexity index is 323. The van der Waals surface area contributed by atoms with Crippen LogP contribution in [0.4, 0.5) is 0 Å². The molecule has 0 saturated carbocycles. The highest BCUT2D eigenvalue weighted by Crippen LogP contribution is 2.28. The molecule has 5 heteroatoms. The van der Waals surface area contributed by atoms with Crippen molar-refractivity contribution in [1.29, 1.82) is 0 Å². The molecule has 0 spiro atoms. The summed E-state index contributed by atoms with van der Waals surface area (Å²) in [5.41, 5.74) is 0. The highest BCUT2D eigenvalue weighted by molar-refractivity contribution is 8.00. The maximum atomic E-state index is 10.2. The normalized spacial score (nSPS) is 23.2. The zero-order valence-corrected chi connectivity index (χ0v) is 10.5. The Morgan fingerprint density at radius 1 is 1.62 bits per heavy atom. The van der Waals surface area contributed by atoms with E-state index in [4.69, 9.17) is 0 Å². The number of hydrogen-bond donors (Lipinski definition) is 1. The summed E-state index contributed by atoms with van der Waals surface area (Å²) in [6.45, 7) is 2.86. The Balaban J connectivity index is 1.93. The van der Waals surface area contributed by atoms with Crippen LogP contribution in [0.1, 0.15) is 32.0 Å². The first kappa shape index (κ1) is 11.9. The Kier molecular flexibility index (Phi) is 4.23. The topological polar surface area (TPSA) is 50.9 Å². The standard InChI is InChI=1S/C11H19N3OS/c1-2-14-11(12-8-13-14)7-9(15)10-5-3-4-6-16-10/h8-10,15H,2-7H2,1H3. The minimum atomic E-state index is -0.278. The molecule has 90 valence electrons. The zero-order chi connectivity index (χ0) is 11.4. The largest absolute Gasteiger partial charge is 0.392 e. The van der Waals surface area contributed by atoms with Gasteiger partial charge in [0.1, 0.15) is 12.2 Å². The van der Waals surface area contributed by atoms with Crippen molar-refractivity contribution in [2.75, 3.05) is 5.75 Å². The summed E-state index contributed by atoms with van der Waals surface area (Å²) >= 11 is 1.90. The predicted molar refractivity (Wildman–Crippen MR) is 65.5 cm³/mol. The van der Waals surface area contributed by atoms with Crippen molar-refractivity contribution in [3.05, 3.63) is 12.2 Å². The third-order valence-corrected chi connectivity index (χ3v) is 4.53. The Labute approximate surface area is 100 Å². The van der Waals surface area contributed by atoms with Crippen molar-refractivity contribution < 1.29 is 5.11 Å². The number of hydrogen-bond acceptors (Lipinski definition) is 4. The minimum Gasteiger partial charge on any atom is -0.392 e. The SMILES string of the molecule is CCn1ncnc1CC(O)C1CCCCS1. The maximum Gasteiger partial charge on any atom is 0.138 e. The van der Waals surface area contributed by atoms with E-state index in [1.54, 1.807) is 6.33 Å². The first-order chi connectivity index (χ1) is 7.81. The molecule has 2 heterocycles. The van der Waals surface area contributed by atoms with Gasteiger partial charge in [0.25, 0.3) is 0 Å². The number of nitrogens with zero attached hydrogens (tertiary/aromatic N) is 3. The fourth-order valence-electron chi connectivity index (χ4n) is 2.10. The van der Waals surface area contributed by atoms with Gasteiger partial charge in [-0.05, 0) is 25.5 Å². The molecule has 0 aromatic carbocycles. The first-order valence-corrected chi connectivity index (χ1v) is 7.02. The molecule has 0 aliphatic carbocycles. The van der Waals surface area contributed by atoms with Crippen LogP contribution in [0.2, 0.25) is 0 Å². The summed E-state index contributed by atoms with van der Waals surface area (Å²) in [6.07, 6.45) is 5.59. The van der Waals surface area contributed by atoms with Crippen LogP contribution in [-0.4, -0.2) is 37.0 Å². The molecule has 16 heavy (non-hydrogen) atoms. The van der Waals surface area contributed by atoms with E-state index in [1.165, 1.54) is 18.6 Å². The minimum absolute atomic E-state index is 0.278. The van der Waals surface area contributed by atoms with Gasteiger partial charge in [-0.15, -0.1) is 0 Å². The Morgan fingerprint density at radius 3 is 3.19 bits per heavy atom. The van der Waals surface area contributed by atoms with Crippen molar-refractivity contribution in [2.24, 2.45) is 0 Å². The van der Waals surface area contributed by atoms with Crippen molar-refractivity contribution >= 4 is 11.8 Å². The number of aliphatic hydroxyl groups is 1. The van der Waals surface area contributed by atoms with Gasteiger partial charge in [-0.3, -0.25) is 4.68 Å². The molecule has 0 radical (unpaired) electrons. The van der Waals surface area contributed by atoms with Crippen LogP contribution in [-0.2, 0) is 13.0 Å². The summed E-state index contributed by atoms with van der Waals surface area (Å²) in [4.78, 5) is 4.20. The van der Waals surface area contributed by atoms with Gasteiger partial charge < -0.3 is 5.11 Å². The smallest absolute Gasteiger partial charge is 0.138 e. The second kappa shape index (κ2) is 5.68. The average Bonchev–Trinajstić information content (AvgIpc) is 2.77. The van der Waals surface area contributed by atoms with Gasteiger partial charge in [0.2, 0.25) is 0 Å². The molecule has 4 nitrogen and oxygen atoms in total. The number of aromatic nitrogens is 3. The third kappa shape index (κ3) is 2.77. The highest BCUT2D eigenvalue weighted by Gasteiger charge is 2.23. The fourth-order valence-corrected chi connectivity index (χ4v) is 3.42. The lowest BCUT2D eigenvalue weighted by atomic mass is 10.1. The second-order valence-electron chi connectivity index (χ2n) is 4.17. The third-order valence-electron chi connectivity index (χ3n) is 3.03. The number of rotatable bonds is 4. The van der Waals surface area contributed by atoms with Crippen LogP contribution in [0.5, 0.6) is 0 Å². The molecule has 0 bridgehead atoms. The molecule has 2 atom stereocenters.